The summed E-state index contributed by atoms with van der Waals surface area (Å²) in [6.45, 7) is 1.69. The lowest BCUT2D eigenvalue weighted by Gasteiger charge is -2.22. The zero-order chi connectivity index (χ0) is 14.6. The van der Waals surface area contributed by atoms with E-state index in [-0.39, 0.29) is 23.9 Å². The molecule has 1 fully saturated rings. The van der Waals surface area contributed by atoms with Crippen LogP contribution < -0.4 is 10.5 Å². The van der Waals surface area contributed by atoms with Crippen LogP contribution in [-0.4, -0.2) is 28.2 Å². The van der Waals surface area contributed by atoms with E-state index in [2.05, 4.69) is 4.72 Å². The zero-order valence-corrected chi connectivity index (χ0v) is 12.0. The van der Waals surface area contributed by atoms with Crippen molar-refractivity contribution in [1.29, 1.82) is 0 Å². The summed E-state index contributed by atoms with van der Waals surface area (Å²) in [4.78, 5) is -0.341. The van der Waals surface area contributed by atoms with Crippen molar-refractivity contribution in [3.05, 3.63) is 29.6 Å². The molecule has 0 radical (unpaired) electrons. The van der Waals surface area contributed by atoms with E-state index in [1.54, 1.807) is 0 Å². The number of nitrogens with one attached hydrogen (secondary N) is 1. The van der Waals surface area contributed by atoms with E-state index >= 15 is 0 Å². The predicted octanol–water partition coefficient (Wildman–Crippen LogP) is 0.989. The van der Waals surface area contributed by atoms with Gasteiger partial charge in [0, 0.05) is 19.7 Å². The molecule has 1 aromatic carbocycles. The zero-order valence-electron chi connectivity index (χ0n) is 11.1. The molecular formula is C13H19FN2O3S. The summed E-state index contributed by atoms with van der Waals surface area (Å²) < 4.78 is 45.7. The molecule has 0 amide bonds. The molecule has 0 saturated carbocycles. The fourth-order valence-electron chi connectivity index (χ4n) is 2.16. The molecule has 112 valence electrons. The molecule has 0 aromatic heterocycles. The van der Waals surface area contributed by atoms with Crippen LogP contribution in [-0.2, 0) is 21.3 Å². The highest BCUT2D eigenvalue weighted by atomic mass is 32.2. The monoisotopic (exact) mass is 302 g/mol. The first-order valence-corrected chi connectivity index (χ1v) is 8.07. The molecular weight excluding hydrogens is 283 g/mol. The van der Waals surface area contributed by atoms with Gasteiger partial charge in [-0.3, -0.25) is 0 Å². The maximum atomic E-state index is 13.8. The van der Waals surface area contributed by atoms with Gasteiger partial charge in [0.2, 0.25) is 10.0 Å². The molecule has 1 saturated heterocycles. The van der Waals surface area contributed by atoms with Crippen LogP contribution in [0, 0.1) is 11.7 Å². The molecule has 5 nitrogen and oxygen atoms in total. The number of nitrogens with two attached hydrogens (primary N) is 1. The maximum Gasteiger partial charge on any atom is 0.243 e. The molecule has 7 heteroatoms. The Morgan fingerprint density at radius 1 is 1.45 bits per heavy atom. The van der Waals surface area contributed by atoms with Crippen molar-refractivity contribution >= 4 is 10.0 Å². The van der Waals surface area contributed by atoms with Gasteiger partial charge in [-0.05, 0) is 36.5 Å². The summed E-state index contributed by atoms with van der Waals surface area (Å²) in [5.41, 5.74) is 5.95. The first-order valence-electron chi connectivity index (χ1n) is 6.59. The molecule has 1 aliphatic heterocycles. The Kier molecular flexibility index (Phi) is 5.09. The van der Waals surface area contributed by atoms with Gasteiger partial charge >= 0.3 is 0 Å². The van der Waals surface area contributed by atoms with Crippen LogP contribution in [0.4, 0.5) is 4.39 Å². The van der Waals surface area contributed by atoms with Gasteiger partial charge < -0.3 is 10.5 Å². The average molecular weight is 302 g/mol. The van der Waals surface area contributed by atoms with Crippen LogP contribution in [0.15, 0.2) is 23.1 Å². The lowest BCUT2D eigenvalue weighted by Crippen LogP contribution is -2.33. The van der Waals surface area contributed by atoms with Crippen molar-refractivity contribution in [2.24, 2.45) is 11.7 Å². The molecule has 20 heavy (non-hydrogen) atoms. The minimum atomic E-state index is -3.84. The predicted molar refractivity (Wildman–Crippen MR) is 73.0 cm³/mol. The summed E-state index contributed by atoms with van der Waals surface area (Å²) in [7, 11) is -3.84. The van der Waals surface area contributed by atoms with Crippen LogP contribution in [0.2, 0.25) is 0 Å². The highest BCUT2D eigenvalue weighted by Crippen LogP contribution is 2.17. The third-order valence-electron chi connectivity index (χ3n) is 3.34. The number of sulfonamides is 1. The summed E-state index contributed by atoms with van der Waals surface area (Å²) in [6, 6.07) is 3.91. The smallest absolute Gasteiger partial charge is 0.243 e. The Bertz CT molecular complexity index is 557. The van der Waals surface area contributed by atoms with Gasteiger partial charge in [0.15, 0.2) is 0 Å². The highest BCUT2D eigenvalue weighted by Gasteiger charge is 2.22. The van der Waals surface area contributed by atoms with Crippen LogP contribution >= 0.6 is 0 Å². The number of hydrogen-bond donors (Lipinski definition) is 2. The molecule has 0 bridgehead atoms. The van der Waals surface area contributed by atoms with Crippen LogP contribution in [0.25, 0.3) is 0 Å². The number of rotatable bonds is 5. The van der Waals surface area contributed by atoms with Gasteiger partial charge in [0.05, 0.1) is 6.61 Å². The van der Waals surface area contributed by atoms with E-state index in [0.29, 0.717) is 12.2 Å². The fraction of sp³-hybridized carbons (Fsp3) is 0.538. The second kappa shape index (κ2) is 6.62. The third-order valence-corrected chi connectivity index (χ3v) is 4.79. The van der Waals surface area contributed by atoms with Crippen LogP contribution in [0.3, 0.4) is 0 Å². The van der Waals surface area contributed by atoms with E-state index in [0.717, 1.165) is 25.5 Å². The number of halogens is 1. The number of hydrogen-bond acceptors (Lipinski definition) is 4. The van der Waals surface area contributed by atoms with Crippen molar-refractivity contribution in [1.82, 2.24) is 4.72 Å². The van der Waals surface area contributed by atoms with Gasteiger partial charge in [-0.15, -0.1) is 0 Å². The van der Waals surface area contributed by atoms with Crippen molar-refractivity contribution in [3.8, 4) is 0 Å². The summed E-state index contributed by atoms with van der Waals surface area (Å²) >= 11 is 0. The Labute approximate surface area is 118 Å². The molecule has 0 spiro atoms. The van der Waals surface area contributed by atoms with Gasteiger partial charge in [-0.2, -0.15) is 0 Å². The normalized spacial score (nSPS) is 20.0. The standard InChI is InChI=1S/C13H19FN2O3S/c14-12-6-10(7-15)3-4-13(12)20(17,18)16-8-11-2-1-5-19-9-11/h3-4,6,11,16H,1-2,5,7-9,15H2. The van der Waals surface area contributed by atoms with Crippen molar-refractivity contribution < 1.29 is 17.5 Å². The molecule has 1 heterocycles. The Morgan fingerprint density at radius 2 is 2.25 bits per heavy atom. The van der Waals surface area contributed by atoms with E-state index in [1.807, 2.05) is 0 Å². The Balaban J connectivity index is 2.05. The lowest BCUT2D eigenvalue weighted by molar-refractivity contribution is 0.0568. The van der Waals surface area contributed by atoms with Crippen LogP contribution in [0.1, 0.15) is 18.4 Å². The minimum Gasteiger partial charge on any atom is -0.381 e. The van der Waals surface area contributed by atoms with E-state index in [1.165, 1.54) is 12.1 Å². The van der Waals surface area contributed by atoms with E-state index < -0.39 is 15.8 Å². The molecule has 1 aromatic rings. The average Bonchev–Trinajstić information content (AvgIpc) is 2.46. The summed E-state index contributed by atoms with van der Waals surface area (Å²) in [5.74, 6) is -0.634. The lowest BCUT2D eigenvalue weighted by atomic mass is 10.0. The third kappa shape index (κ3) is 3.76. The second-order valence-electron chi connectivity index (χ2n) is 4.90. The Hall–Kier alpha value is -1.02. The highest BCUT2D eigenvalue weighted by molar-refractivity contribution is 7.89. The fourth-order valence-corrected chi connectivity index (χ4v) is 3.34. The van der Waals surface area contributed by atoms with Crippen molar-refractivity contribution in [2.75, 3.05) is 19.8 Å². The SMILES string of the molecule is NCc1ccc(S(=O)(=O)NCC2CCCOC2)c(F)c1. The van der Waals surface area contributed by atoms with Crippen LogP contribution in [0.5, 0.6) is 0 Å². The molecule has 0 aliphatic carbocycles. The van der Waals surface area contributed by atoms with E-state index in [4.69, 9.17) is 10.5 Å². The van der Waals surface area contributed by atoms with Crippen molar-refractivity contribution in [3.63, 3.8) is 0 Å². The molecule has 3 N–H and O–H groups in total. The maximum absolute atomic E-state index is 13.8. The number of ether oxygens (including phenoxy) is 1. The quantitative estimate of drug-likeness (QED) is 0.850. The summed E-state index contributed by atoms with van der Waals surface area (Å²) in [6.07, 6.45) is 1.84. The topological polar surface area (TPSA) is 81.4 Å². The minimum absolute atomic E-state index is 0.143. The number of benzene rings is 1. The van der Waals surface area contributed by atoms with Gasteiger partial charge in [-0.25, -0.2) is 17.5 Å². The van der Waals surface area contributed by atoms with E-state index in [9.17, 15) is 12.8 Å². The largest absolute Gasteiger partial charge is 0.381 e. The molecule has 1 aliphatic rings. The van der Waals surface area contributed by atoms with Gasteiger partial charge in [-0.1, -0.05) is 6.07 Å². The van der Waals surface area contributed by atoms with Crippen molar-refractivity contribution in [2.45, 2.75) is 24.3 Å². The second-order valence-corrected chi connectivity index (χ2v) is 6.64. The first-order chi connectivity index (χ1) is 9.53. The summed E-state index contributed by atoms with van der Waals surface area (Å²) in [5, 5.41) is 0. The van der Waals surface area contributed by atoms with Gasteiger partial charge in [0.25, 0.3) is 0 Å². The molecule has 2 rings (SSSR count). The van der Waals surface area contributed by atoms with Gasteiger partial charge in [0.1, 0.15) is 10.7 Å². The molecule has 1 atom stereocenters. The molecule has 1 unspecified atom stereocenters. The Morgan fingerprint density at radius 3 is 2.85 bits per heavy atom. The first kappa shape index (κ1) is 15.4.